The summed E-state index contributed by atoms with van der Waals surface area (Å²) in [7, 11) is 2.03. The Morgan fingerprint density at radius 2 is 2.22 bits per heavy atom. The van der Waals surface area contributed by atoms with Gasteiger partial charge in [0.1, 0.15) is 5.82 Å². The van der Waals surface area contributed by atoms with Crippen LogP contribution in [0, 0.1) is 25.0 Å². The van der Waals surface area contributed by atoms with E-state index in [1.54, 1.807) is 0 Å². The smallest absolute Gasteiger partial charge is 0.105 e. The SMILES string of the molecule is Cc1nc(-c2ccc#cc2C2(C)CC2C)cn1C. The van der Waals surface area contributed by atoms with E-state index < -0.39 is 0 Å². The number of rotatable bonds is 2. The van der Waals surface area contributed by atoms with Gasteiger partial charge in [0.2, 0.25) is 0 Å². The van der Waals surface area contributed by atoms with Crippen LogP contribution in [0.2, 0.25) is 0 Å². The van der Waals surface area contributed by atoms with Crippen molar-refractivity contribution in [1.82, 2.24) is 9.55 Å². The van der Waals surface area contributed by atoms with E-state index in [-0.39, 0.29) is 5.41 Å². The van der Waals surface area contributed by atoms with Crippen molar-refractivity contribution in [3.63, 3.8) is 0 Å². The third-order valence-corrected chi connectivity index (χ3v) is 4.41. The molecule has 2 heteroatoms. The standard InChI is InChI=1S/C16H18N2/c1-11-9-16(11,3)14-8-6-5-7-13(14)15-10-18(4)12(2)17-15/h5,7,10-11H,9H2,1-4H3. The molecule has 0 saturated heterocycles. The van der Waals surface area contributed by atoms with Crippen LogP contribution in [-0.4, -0.2) is 9.55 Å². The van der Waals surface area contributed by atoms with E-state index in [1.807, 2.05) is 20.0 Å². The summed E-state index contributed by atoms with van der Waals surface area (Å²) in [4.78, 5) is 4.64. The molecule has 18 heavy (non-hydrogen) atoms. The number of aryl methyl sites for hydroxylation is 2. The molecule has 2 unspecified atom stereocenters. The molecule has 1 fully saturated rings. The third-order valence-electron chi connectivity index (χ3n) is 4.41. The van der Waals surface area contributed by atoms with Crippen molar-refractivity contribution in [3.8, 4) is 11.3 Å². The van der Waals surface area contributed by atoms with Gasteiger partial charge in [-0.15, -0.1) is 0 Å². The van der Waals surface area contributed by atoms with E-state index >= 15 is 0 Å². The van der Waals surface area contributed by atoms with Gasteiger partial charge in [0.05, 0.1) is 5.69 Å². The Bertz CT molecular complexity index is 577. The number of hydrogen-bond acceptors (Lipinski definition) is 1. The summed E-state index contributed by atoms with van der Waals surface area (Å²) in [6.45, 7) is 6.65. The monoisotopic (exact) mass is 238 g/mol. The minimum Gasteiger partial charge on any atom is -0.338 e. The molecule has 0 radical (unpaired) electrons. The summed E-state index contributed by atoms with van der Waals surface area (Å²) in [5.41, 5.74) is 3.80. The first kappa shape index (κ1) is 11.3. The molecule has 0 aliphatic heterocycles. The van der Waals surface area contributed by atoms with Crippen LogP contribution < -0.4 is 0 Å². The fourth-order valence-corrected chi connectivity index (χ4v) is 2.67. The minimum absolute atomic E-state index is 0.262. The van der Waals surface area contributed by atoms with E-state index in [2.05, 4.69) is 47.8 Å². The van der Waals surface area contributed by atoms with Gasteiger partial charge in [0, 0.05) is 29.8 Å². The van der Waals surface area contributed by atoms with Crippen LogP contribution in [0.1, 0.15) is 31.7 Å². The molecular formula is C16H18N2. The Kier molecular flexibility index (Phi) is 2.28. The molecule has 0 amide bonds. The van der Waals surface area contributed by atoms with Gasteiger partial charge in [-0.1, -0.05) is 26.0 Å². The van der Waals surface area contributed by atoms with Crippen LogP contribution in [0.5, 0.6) is 0 Å². The lowest BCUT2D eigenvalue weighted by molar-refractivity contribution is 0.704. The van der Waals surface area contributed by atoms with E-state index in [0.29, 0.717) is 0 Å². The van der Waals surface area contributed by atoms with Gasteiger partial charge in [0.25, 0.3) is 0 Å². The molecule has 2 atom stereocenters. The molecule has 92 valence electrons. The maximum absolute atomic E-state index is 4.64. The predicted molar refractivity (Wildman–Crippen MR) is 72.2 cm³/mol. The van der Waals surface area contributed by atoms with Gasteiger partial charge in [-0.05, 0) is 31.4 Å². The zero-order valence-corrected chi connectivity index (χ0v) is 11.4. The van der Waals surface area contributed by atoms with Crippen molar-refractivity contribution in [2.24, 2.45) is 13.0 Å². The zero-order chi connectivity index (χ0) is 12.9. The fourth-order valence-electron chi connectivity index (χ4n) is 2.67. The zero-order valence-electron chi connectivity index (χ0n) is 11.4. The molecule has 1 aromatic heterocycles. The molecule has 1 aromatic carbocycles. The van der Waals surface area contributed by atoms with Crippen LogP contribution in [0.3, 0.4) is 0 Å². The highest BCUT2D eigenvalue weighted by Crippen LogP contribution is 2.55. The highest BCUT2D eigenvalue weighted by molar-refractivity contribution is 5.65. The van der Waals surface area contributed by atoms with E-state index in [0.717, 1.165) is 17.4 Å². The van der Waals surface area contributed by atoms with Crippen molar-refractivity contribution in [2.45, 2.75) is 32.6 Å². The molecule has 3 rings (SSSR count). The highest BCUT2D eigenvalue weighted by atomic mass is 15.0. The predicted octanol–water partition coefficient (Wildman–Crippen LogP) is 3.29. The van der Waals surface area contributed by atoms with Crippen LogP contribution >= 0.6 is 0 Å². The normalized spacial score (nSPS) is 25.9. The number of aromatic nitrogens is 2. The summed E-state index contributed by atoms with van der Waals surface area (Å²) in [6, 6.07) is 10.5. The maximum Gasteiger partial charge on any atom is 0.105 e. The first-order chi connectivity index (χ1) is 8.52. The van der Waals surface area contributed by atoms with Gasteiger partial charge in [-0.25, -0.2) is 4.98 Å². The molecule has 0 spiro atoms. The fraction of sp³-hybridized carbons (Fsp3) is 0.438. The Labute approximate surface area is 109 Å². The summed E-state index contributed by atoms with van der Waals surface area (Å²) in [5.74, 6) is 1.77. The Morgan fingerprint density at radius 3 is 2.78 bits per heavy atom. The molecule has 0 N–H and O–H groups in total. The van der Waals surface area contributed by atoms with Crippen molar-refractivity contribution >= 4 is 0 Å². The second-order valence-electron chi connectivity index (χ2n) is 5.70. The Morgan fingerprint density at radius 1 is 1.50 bits per heavy atom. The first-order valence-electron chi connectivity index (χ1n) is 6.45. The van der Waals surface area contributed by atoms with Gasteiger partial charge in [-0.3, -0.25) is 0 Å². The molecule has 2 aromatic rings. The summed E-state index contributed by atoms with van der Waals surface area (Å²) >= 11 is 0. The topological polar surface area (TPSA) is 17.8 Å². The molecule has 1 aliphatic rings. The molecule has 1 aliphatic carbocycles. The largest absolute Gasteiger partial charge is 0.338 e. The van der Waals surface area contributed by atoms with Crippen molar-refractivity contribution < 1.29 is 0 Å². The van der Waals surface area contributed by atoms with Gasteiger partial charge in [-0.2, -0.15) is 0 Å². The van der Waals surface area contributed by atoms with Crippen LogP contribution in [-0.2, 0) is 12.5 Å². The molecular weight excluding hydrogens is 220 g/mol. The van der Waals surface area contributed by atoms with Crippen LogP contribution in [0.4, 0.5) is 0 Å². The summed E-state index contributed by atoms with van der Waals surface area (Å²) in [5, 5.41) is 0. The maximum atomic E-state index is 4.64. The molecule has 1 saturated carbocycles. The van der Waals surface area contributed by atoms with Gasteiger partial charge < -0.3 is 4.57 Å². The number of nitrogens with zero attached hydrogens (tertiary/aromatic N) is 2. The first-order valence-corrected chi connectivity index (χ1v) is 6.45. The van der Waals surface area contributed by atoms with Crippen molar-refractivity contribution in [1.29, 1.82) is 0 Å². The molecule has 1 heterocycles. The number of imidazole rings is 1. The van der Waals surface area contributed by atoms with E-state index in [9.17, 15) is 0 Å². The van der Waals surface area contributed by atoms with Crippen LogP contribution in [0.25, 0.3) is 11.3 Å². The van der Waals surface area contributed by atoms with Crippen molar-refractivity contribution in [2.75, 3.05) is 0 Å². The van der Waals surface area contributed by atoms with Gasteiger partial charge in [0.15, 0.2) is 0 Å². The number of hydrogen-bond donors (Lipinski definition) is 0. The second kappa shape index (κ2) is 3.62. The third kappa shape index (κ3) is 1.54. The lowest BCUT2D eigenvalue weighted by Gasteiger charge is -2.11. The minimum atomic E-state index is 0.262. The van der Waals surface area contributed by atoms with E-state index in [4.69, 9.17) is 0 Å². The van der Waals surface area contributed by atoms with Crippen molar-refractivity contribution in [3.05, 3.63) is 41.9 Å². The average molecular weight is 238 g/mol. The second-order valence-corrected chi connectivity index (χ2v) is 5.70. The molecule has 2 nitrogen and oxygen atoms in total. The quantitative estimate of drug-likeness (QED) is 0.785. The average Bonchev–Trinajstić information content (AvgIpc) is 2.82. The molecule has 0 bridgehead atoms. The lowest BCUT2D eigenvalue weighted by atomic mass is 9.91. The summed E-state index contributed by atoms with van der Waals surface area (Å²) in [6.07, 6.45) is 3.33. The summed E-state index contributed by atoms with van der Waals surface area (Å²) < 4.78 is 2.06. The Balaban J connectivity index is 2.13. The highest BCUT2D eigenvalue weighted by Gasteiger charge is 2.49. The lowest BCUT2D eigenvalue weighted by Crippen LogP contribution is -2.04. The van der Waals surface area contributed by atoms with Crippen LogP contribution in [0.15, 0.2) is 18.3 Å². The van der Waals surface area contributed by atoms with Gasteiger partial charge >= 0.3 is 0 Å². The Hall–Kier alpha value is -1.75. The van der Waals surface area contributed by atoms with E-state index in [1.165, 1.54) is 17.5 Å².